The SMILES string of the molecule is CCC[CH2][SnH2][CH3]. The van der Waals surface area contributed by atoms with Crippen LogP contribution < -0.4 is 0 Å². The summed E-state index contributed by atoms with van der Waals surface area (Å²) in [5.41, 5.74) is 0. The van der Waals surface area contributed by atoms with E-state index in [1.54, 1.807) is 4.44 Å². The Hall–Kier alpha value is 0.799. The molecule has 6 heavy (non-hydrogen) atoms. The molecule has 0 rings (SSSR count). The van der Waals surface area contributed by atoms with Crippen LogP contribution >= 0.6 is 0 Å². The van der Waals surface area contributed by atoms with Crippen LogP contribution in [0.1, 0.15) is 19.8 Å². The van der Waals surface area contributed by atoms with Gasteiger partial charge in [0.05, 0.1) is 0 Å². The molecule has 1 heteroatoms. The predicted molar refractivity (Wildman–Crippen MR) is 34.1 cm³/mol. The maximum atomic E-state index is 2.44. The van der Waals surface area contributed by atoms with Gasteiger partial charge in [0.25, 0.3) is 0 Å². The van der Waals surface area contributed by atoms with Crippen molar-refractivity contribution in [2.75, 3.05) is 0 Å². The molecule has 0 unspecified atom stereocenters. The van der Waals surface area contributed by atoms with Crippen molar-refractivity contribution in [3.05, 3.63) is 0 Å². The number of hydrogen-bond donors (Lipinski definition) is 0. The van der Waals surface area contributed by atoms with Gasteiger partial charge in [-0.25, -0.2) is 0 Å². The van der Waals surface area contributed by atoms with Crippen molar-refractivity contribution in [3.63, 3.8) is 0 Å². The van der Waals surface area contributed by atoms with Gasteiger partial charge in [0.15, 0.2) is 0 Å². The number of hydrogen-bond acceptors (Lipinski definition) is 0. The van der Waals surface area contributed by atoms with Crippen molar-refractivity contribution in [2.24, 2.45) is 0 Å². The van der Waals surface area contributed by atoms with E-state index in [0.717, 1.165) is 0 Å². The van der Waals surface area contributed by atoms with Crippen molar-refractivity contribution >= 4 is 21.1 Å². The summed E-state index contributed by atoms with van der Waals surface area (Å²) in [6, 6.07) is 0. The molecular formula is C5H14Sn. The van der Waals surface area contributed by atoms with Gasteiger partial charge >= 0.3 is 50.3 Å². The van der Waals surface area contributed by atoms with Gasteiger partial charge in [-0.3, -0.25) is 0 Å². The van der Waals surface area contributed by atoms with Gasteiger partial charge < -0.3 is 0 Å². The molecule has 0 heterocycles. The Labute approximate surface area is 50.5 Å². The molecule has 0 N–H and O–H groups in total. The third kappa shape index (κ3) is 4.80. The van der Waals surface area contributed by atoms with Crippen LogP contribution in [0.15, 0.2) is 0 Å². The van der Waals surface area contributed by atoms with Gasteiger partial charge in [0.2, 0.25) is 0 Å². The van der Waals surface area contributed by atoms with Crippen LogP contribution in [-0.4, -0.2) is 21.1 Å². The fraction of sp³-hybridized carbons (Fsp3) is 1.00. The first kappa shape index (κ1) is 6.80. The molecule has 0 saturated heterocycles. The fourth-order valence-electron chi connectivity index (χ4n) is 0.500. The van der Waals surface area contributed by atoms with Crippen molar-refractivity contribution < 1.29 is 0 Å². The molecule has 0 amide bonds. The van der Waals surface area contributed by atoms with Crippen LogP contribution in [0.2, 0.25) is 9.38 Å². The van der Waals surface area contributed by atoms with Crippen LogP contribution in [-0.2, 0) is 0 Å². The average Bonchev–Trinajstić information content (AvgIpc) is 1.61. The molecule has 0 spiro atoms. The van der Waals surface area contributed by atoms with Crippen LogP contribution in [0.3, 0.4) is 0 Å². The zero-order chi connectivity index (χ0) is 4.83. The molecule has 0 atom stereocenters. The van der Waals surface area contributed by atoms with Gasteiger partial charge in [-0.05, 0) is 0 Å². The Kier molecular flexibility index (Phi) is 6.57. The maximum absolute atomic E-state index is 2.44. The Balaban J connectivity index is 2.34. The van der Waals surface area contributed by atoms with Crippen molar-refractivity contribution in [2.45, 2.75) is 29.1 Å². The third-order valence-electron chi connectivity index (χ3n) is 0.957. The summed E-state index contributed by atoms with van der Waals surface area (Å²) in [4.78, 5) is 2.44. The molecule has 0 aromatic rings. The molecule has 0 saturated carbocycles. The Morgan fingerprint density at radius 2 is 2.17 bits per heavy atom. The van der Waals surface area contributed by atoms with E-state index in [2.05, 4.69) is 11.9 Å². The molecule has 0 aliphatic heterocycles. The minimum atomic E-state index is -0.0844. The summed E-state index contributed by atoms with van der Waals surface area (Å²) in [5, 5.41) is 0. The molecule has 0 fully saturated rings. The molecular weight excluding hydrogens is 179 g/mol. The van der Waals surface area contributed by atoms with Crippen LogP contribution in [0, 0.1) is 0 Å². The first-order valence-electron chi connectivity index (χ1n) is 2.91. The molecule has 0 aliphatic rings. The molecule has 0 bridgehead atoms. The van der Waals surface area contributed by atoms with E-state index in [0.29, 0.717) is 0 Å². The van der Waals surface area contributed by atoms with E-state index in [4.69, 9.17) is 0 Å². The summed E-state index contributed by atoms with van der Waals surface area (Å²) in [6.07, 6.45) is 2.91. The van der Waals surface area contributed by atoms with Crippen LogP contribution in [0.25, 0.3) is 0 Å². The number of rotatable bonds is 3. The van der Waals surface area contributed by atoms with Gasteiger partial charge in [0, 0.05) is 0 Å². The minimum absolute atomic E-state index is 0.0844. The summed E-state index contributed by atoms with van der Waals surface area (Å²) < 4.78 is 1.62. The van der Waals surface area contributed by atoms with E-state index >= 15 is 0 Å². The number of unbranched alkanes of at least 4 members (excludes halogenated alkanes) is 1. The van der Waals surface area contributed by atoms with Crippen LogP contribution in [0.5, 0.6) is 0 Å². The second-order valence-electron chi connectivity index (χ2n) is 1.71. The van der Waals surface area contributed by atoms with E-state index < -0.39 is 0 Å². The van der Waals surface area contributed by atoms with Crippen molar-refractivity contribution in [3.8, 4) is 0 Å². The summed E-state index contributed by atoms with van der Waals surface area (Å²) in [5.74, 6) is 0. The summed E-state index contributed by atoms with van der Waals surface area (Å²) in [7, 11) is 0. The van der Waals surface area contributed by atoms with Gasteiger partial charge in [0.1, 0.15) is 0 Å². The second-order valence-corrected chi connectivity index (χ2v) is 6.58. The van der Waals surface area contributed by atoms with E-state index in [-0.39, 0.29) is 21.1 Å². The zero-order valence-electron chi connectivity index (χ0n) is 4.83. The summed E-state index contributed by atoms with van der Waals surface area (Å²) in [6.45, 7) is 2.27. The Morgan fingerprint density at radius 3 is 2.33 bits per heavy atom. The molecule has 38 valence electrons. The standard InChI is InChI=1S/C4H9.CH3.Sn.2H/c1-3-4-2;;;;/h1,3-4H2,2H3;1H3;;;. The van der Waals surface area contributed by atoms with Gasteiger partial charge in [-0.1, -0.05) is 0 Å². The van der Waals surface area contributed by atoms with Crippen LogP contribution in [0.4, 0.5) is 0 Å². The van der Waals surface area contributed by atoms with Crippen molar-refractivity contribution in [1.29, 1.82) is 0 Å². The molecule has 0 aromatic heterocycles. The van der Waals surface area contributed by atoms with Crippen molar-refractivity contribution in [1.82, 2.24) is 0 Å². The molecule has 0 radical (unpaired) electrons. The molecule has 0 aliphatic carbocycles. The fourth-order valence-corrected chi connectivity index (χ4v) is 3.35. The van der Waals surface area contributed by atoms with E-state index in [1.165, 1.54) is 12.8 Å². The van der Waals surface area contributed by atoms with Gasteiger partial charge in [-0.2, -0.15) is 0 Å². The topological polar surface area (TPSA) is 0 Å². The first-order valence-corrected chi connectivity index (χ1v) is 9.80. The zero-order valence-corrected chi connectivity index (χ0v) is 8.86. The predicted octanol–water partition coefficient (Wildman–Crippen LogP) is 1.42. The second kappa shape index (κ2) is 5.80. The first-order chi connectivity index (χ1) is 2.91. The quantitative estimate of drug-likeness (QED) is 0.469. The van der Waals surface area contributed by atoms with Gasteiger partial charge in [-0.15, -0.1) is 0 Å². The van der Waals surface area contributed by atoms with E-state index in [1.807, 2.05) is 0 Å². The Bertz CT molecular complexity index is 15.9. The van der Waals surface area contributed by atoms with E-state index in [9.17, 15) is 0 Å². The molecule has 0 aromatic carbocycles. The normalized spacial score (nSPS) is 11.0. The average molecular weight is 193 g/mol. The monoisotopic (exact) mass is 194 g/mol. The third-order valence-corrected chi connectivity index (χ3v) is 4.40. The summed E-state index contributed by atoms with van der Waals surface area (Å²) >= 11 is -0.0844. The Morgan fingerprint density at radius 1 is 1.50 bits per heavy atom. The molecule has 0 nitrogen and oxygen atoms in total.